The minimum Gasteiger partial charge on any atom is -0.396 e. The van der Waals surface area contributed by atoms with Crippen molar-refractivity contribution in [1.29, 1.82) is 0 Å². The Morgan fingerprint density at radius 2 is 2.13 bits per heavy atom. The molecule has 1 rings (SSSR count). The third-order valence-electron chi connectivity index (χ3n) is 2.57. The van der Waals surface area contributed by atoms with Gasteiger partial charge in [0.05, 0.1) is 0 Å². The molecule has 0 aromatic heterocycles. The first-order chi connectivity index (χ1) is 7.13. The third-order valence-corrected chi connectivity index (χ3v) is 2.81. The zero-order valence-electron chi connectivity index (χ0n) is 9.20. The molecule has 0 saturated heterocycles. The summed E-state index contributed by atoms with van der Waals surface area (Å²) in [5.41, 5.74) is 1.00. The molecule has 1 atom stereocenters. The molecule has 0 aliphatic carbocycles. The predicted molar refractivity (Wildman–Crippen MR) is 65.4 cm³/mol. The van der Waals surface area contributed by atoms with Crippen LogP contribution in [0.25, 0.3) is 0 Å². The summed E-state index contributed by atoms with van der Waals surface area (Å²) < 4.78 is 0. The van der Waals surface area contributed by atoms with Gasteiger partial charge in [-0.05, 0) is 24.1 Å². The van der Waals surface area contributed by atoms with E-state index in [4.69, 9.17) is 16.7 Å². The molecule has 0 bridgehead atoms. The Labute approximate surface area is 96.3 Å². The zero-order chi connectivity index (χ0) is 11.3. The lowest BCUT2D eigenvalue weighted by Crippen LogP contribution is -2.22. The molecular weight excluding hydrogens is 210 g/mol. The number of rotatable bonds is 5. The predicted octanol–water partition coefficient (Wildman–Crippen LogP) is 3.02. The van der Waals surface area contributed by atoms with E-state index in [1.807, 2.05) is 24.3 Å². The summed E-state index contributed by atoms with van der Waals surface area (Å²) in [4.78, 5) is 0. The van der Waals surface area contributed by atoms with Crippen LogP contribution in [0.2, 0.25) is 5.02 Å². The fraction of sp³-hybridized carbons (Fsp3) is 0.500. The number of nitrogens with one attached hydrogen (secondary N) is 1. The monoisotopic (exact) mass is 227 g/mol. The van der Waals surface area contributed by atoms with Gasteiger partial charge in [0.25, 0.3) is 0 Å². The fourth-order valence-electron chi connectivity index (χ4n) is 1.36. The molecule has 2 N–H and O–H groups in total. The summed E-state index contributed by atoms with van der Waals surface area (Å²) in [5, 5.41) is 13.2. The molecular formula is C12H18ClNO. The van der Waals surface area contributed by atoms with E-state index in [2.05, 4.69) is 19.2 Å². The first-order valence-electron chi connectivity index (χ1n) is 5.23. The van der Waals surface area contributed by atoms with Crippen LogP contribution >= 0.6 is 11.6 Å². The third kappa shape index (κ3) is 4.10. The Kier molecular flexibility index (Phi) is 4.92. The second kappa shape index (κ2) is 5.99. The molecule has 0 aliphatic heterocycles. The van der Waals surface area contributed by atoms with Gasteiger partial charge in [0.2, 0.25) is 0 Å². The van der Waals surface area contributed by atoms with Gasteiger partial charge in [-0.25, -0.2) is 0 Å². The molecule has 3 heteroatoms. The quantitative estimate of drug-likeness (QED) is 0.811. The molecule has 0 spiro atoms. The van der Waals surface area contributed by atoms with Crippen LogP contribution in [0.5, 0.6) is 0 Å². The SMILES string of the molecule is CC(C)C(CO)CNc1cccc(Cl)c1. The van der Waals surface area contributed by atoms with E-state index in [-0.39, 0.29) is 12.5 Å². The number of benzene rings is 1. The molecule has 1 aromatic rings. The molecule has 15 heavy (non-hydrogen) atoms. The molecule has 0 heterocycles. The lowest BCUT2D eigenvalue weighted by Gasteiger charge is -2.19. The van der Waals surface area contributed by atoms with E-state index >= 15 is 0 Å². The number of hydrogen-bond donors (Lipinski definition) is 2. The van der Waals surface area contributed by atoms with Crippen LogP contribution < -0.4 is 5.32 Å². The molecule has 84 valence electrons. The van der Waals surface area contributed by atoms with Crippen LogP contribution in [-0.4, -0.2) is 18.3 Å². The lowest BCUT2D eigenvalue weighted by molar-refractivity contribution is 0.198. The van der Waals surface area contributed by atoms with Gasteiger partial charge in [-0.3, -0.25) is 0 Å². The van der Waals surface area contributed by atoms with Crippen LogP contribution in [0.4, 0.5) is 5.69 Å². The number of halogens is 1. The van der Waals surface area contributed by atoms with Crippen LogP contribution in [0.1, 0.15) is 13.8 Å². The second-order valence-corrected chi connectivity index (χ2v) is 4.51. The number of aliphatic hydroxyl groups is 1. The average Bonchev–Trinajstić information content (AvgIpc) is 2.18. The minimum absolute atomic E-state index is 0.214. The highest BCUT2D eigenvalue weighted by Crippen LogP contribution is 2.16. The van der Waals surface area contributed by atoms with E-state index in [9.17, 15) is 0 Å². The lowest BCUT2D eigenvalue weighted by atomic mass is 9.97. The van der Waals surface area contributed by atoms with E-state index in [0.717, 1.165) is 17.3 Å². The molecule has 0 saturated carbocycles. The molecule has 0 aliphatic rings. The topological polar surface area (TPSA) is 32.3 Å². The van der Waals surface area contributed by atoms with Crippen molar-refractivity contribution >= 4 is 17.3 Å². The molecule has 0 fully saturated rings. The summed E-state index contributed by atoms with van der Waals surface area (Å²) >= 11 is 5.87. The maximum Gasteiger partial charge on any atom is 0.0478 e. The maximum absolute atomic E-state index is 9.16. The van der Waals surface area contributed by atoms with Crippen molar-refractivity contribution in [2.45, 2.75) is 13.8 Å². The van der Waals surface area contributed by atoms with Crippen LogP contribution in [0.15, 0.2) is 24.3 Å². The Bertz CT molecular complexity index is 301. The van der Waals surface area contributed by atoms with Crippen LogP contribution in [0, 0.1) is 11.8 Å². The zero-order valence-corrected chi connectivity index (χ0v) is 9.96. The van der Waals surface area contributed by atoms with E-state index in [1.165, 1.54) is 0 Å². The Balaban J connectivity index is 2.49. The van der Waals surface area contributed by atoms with Crippen molar-refractivity contribution < 1.29 is 5.11 Å². The van der Waals surface area contributed by atoms with E-state index in [0.29, 0.717) is 5.92 Å². The van der Waals surface area contributed by atoms with Gasteiger partial charge < -0.3 is 10.4 Å². The van der Waals surface area contributed by atoms with Crippen molar-refractivity contribution in [1.82, 2.24) is 0 Å². The van der Waals surface area contributed by atoms with Gasteiger partial charge in [-0.15, -0.1) is 0 Å². The van der Waals surface area contributed by atoms with Crippen LogP contribution in [0.3, 0.4) is 0 Å². The first-order valence-corrected chi connectivity index (χ1v) is 5.61. The molecule has 0 amide bonds. The standard InChI is InChI=1S/C12H18ClNO/c1-9(2)10(8-15)7-14-12-5-3-4-11(13)6-12/h3-6,9-10,14-15H,7-8H2,1-2H3. The van der Waals surface area contributed by atoms with Gasteiger partial charge in [-0.2, -0.15) is 0 Å². The first kappa shape index (κ1) is 12.3. The Morgan fingerprint density at radius 3 is 2.67 bits per heavy atom. The van der Waals surface area contributed by atoms with Gasteiger partial charge >= 0.3 is 0 Å². The smallest absolute Gasteiger partial charge is 0.0478 e. The Hall–Kier alpha value is -0.730. The summed E-state index contributed by atoms with van der Waals surface area (Å²) in [6.07, 6.45) is 0. The second-order valence-electron chi connectivity index (χ2n) is 4.08. The van der Waals surface area contributed by atoms with Crippen molar-refractivity contribution in [2.75, 3.05) is 18.5 Å². The van der Waals surface area contributed by atoms with Crippen LogP contribution in [-0.2, 0) is 0 Å². The summed E-state index contributed by atoms with van der Waals surface area (Å²) in [6, 6.07) is 7.61. The number of aliphatic hydroxyl groups excluding tert-OH is 1. The van der Waals surface area contributed by atoms with Gasteiger partial charge in [0.1, 0.15) is 0 Å². The Morgan fingerprint density at radius 1 is 1.40 bits per heavy atom. The average molecular weight is 228 g/mol. The van der Waals surface area contributed by atoms with Crippen molar-refractivity contribution in [3.05, 3.63) is 29.3 Å². The van der Waals surface area contributed by atoms with Crippen molar-refractivity contribution in [3.8, 4) is 0 Å². The normalized spacial score (nSPS) is 12.9. The number of anilines is 1. The minimum atomic E-state index is 0.214. The molecule has 2 nitrogen and oxygen atoms in total. The fourth-order valence-corrected chi connectivity index (χ4v) is 1.55. The molecule has 1 unspecified atom stereocenters. The maximum atomic E-state index is 9.16. The summed E-state index contributed by atoms with van der Waals surface area (Å²) in [7, 11) is 0. The highest BCUT2D eigenvalue weighted by Gasteiger charge is 2.11. The van der Waals surface area contributed by atoms with Gasteiger partial charge in [0.15, 0.2) is 0 Å². The van der Waals surface area contributed by atoms with Crippen molar-refractivity contribution in [2.24, 2.45) is 11.8 Å². The largest absolute Gasteiger partial charge is 0.396 e. The van der Waals surface area contributed by atoms with E-state index < -0.39 is 0 Å². The number of hydrogen-bond acceptors (Lipinski definition) is 2. The molecule has 1 aromatic carbocycles. The highest BCUT2D eigenvalue weighted by molar-refractivity contribution is 6.30. The summed E-state index contributed by atoms with van der Waals surface area (Å²) in [6.45, 7) is 5.21. The molecule has 0 radical (unpaired) electrons. The van der Waals surface area contributed by atoms with Gasteiger partial charge in [-0.1, -0.05) is 31.5 Å². The van der Waals surface area contributed by atoms with E-state index in [1.54, 1.807) is 0 Å². The highest BCUT2D eigenvalue weighted by atomic mass is 35.5. The summed E-state index contributed by atoms with van der Waals surface area (Å²) in [5.74, 6) is 0.755. The van der Waals surface area contributed by atoms with Crippen molar-refractivity contribution in [3.63, 3.8) is 0 Å². The van der Waals surface area contributed by atoms with Gasteiger partial charge in [0, 0.05) is 29.8 Å².